The van der Waals surface area contributed by atoms with Gasteiger partial charge in [0.25, 0.3) is 0 Å². The zero-order chi connectivity index (χ0) is 14.7. The fraction of sp³-hybridized carbons (Fsp3) is 0.882. The average molecular weight is 293 g/mol. The van der Waals surface area contributed by atoms with Gasteiger partial charge in [0.05, 0.1) is 12.5 Å². The standard InChI is InChI=1S/C17H27NO3/c19-16-9-5-7-14(16)15-8-1-3-10-18(15)17(20)12-13-6-2-4-11-21-13/h13-15H,1-12H2. The van der Waals surface area contributed by atoms with Crippen molar-refractivity contribution >= 4 is 11.7 Å². The molecule has 1 saturated carbocycles. The predicted molar refractivity (Wildman–Crippen MR) is 79.9 cm³/mol. The molecule has 3 rings (SSSR count). The van der Waals surface area contributed by atoms with Crippen molar-refractivity contribution in [1.82, 2.24) is 4.90 Å². The highest BCUT2D eigenvalue weighted by atomic mass is 16.5. The summed E-state index contributed by atoms with van der Waals surface area (Å²) < 4.78 is 5.71. The zero-order valence-electron chi connectivity index (χ0n) is 12.9. The molecular weight excluding hydrogens is 266 g/mol. The molecule has 1 amide bonds. The molecule has 0 bridgehead atoms. The Balaban J connectivity index is 1.62. The number of ether oxygens (including phenoxy) is 1. The first-order chi connectivity index (χ1) is 10.3. The van der Waals surface area contributed by atoms with Crippen LogP contribution in [0.15, 0.2) is 0 Å². The van der Waals surface area contributed by atoms with E-state index < -0.39 is 0 Å². The zero-order valence-corrected chi connectivity index (χ0v) is 12.9. The molecule has 3 aliphatic rings. The highest BCUT2D eigenvalue weighted by Crippen LogP contribution is 2.33. The molecule has 0 radical (unpaired) electrons. The van der Waals surface area contributed by atoms with Crippen molar-refractivity contribution in [1.29, 1.82) is 0 Å². The summed E-state index contributed by atoms with van der Waals surface area (Å²) >= 11 is 0. The third-order valence-corrected chi connectivity index (χ3v) is 5.36. The minimum atomic E-state index is 0.105. The first-order valence-corrected chi connectivity index (χ1v) is 8.69. The molecule has 118 valence electrons. The van der Waals surface area contributed by atoms with Crippen LogP contribution in [0.2, 0.25) is 0 Å². The quantitative estimate of drug-likeness (QED) is 0.803. The molecule has 21 heavy (non-hydrogen) atoms. The van der Waals surface area contributed by atoms with Gasteiger partial charge in [-0.1, -0.05) is 0 Å². The minimum Gasteiger partial charge on any atom is -0.378 e. The summed E-state index contributed by atoms with van der Waals surface area (Å²) in [5.74, 6) is 0.710. The molecule has 2 saturated heterocycles. The first-order valence-electron chi connectivity index (χ1n) is 8.69. The summed E-state index contributed by atoms with van der Waals surface area (Å²) in [6, 6.07) is 0.171. The fourth-order valence-electron chi connectivity index (χ4n) is 4.22. The molecule has 0 N–H and O–H groups in total. The van der Waals surface area contributed by atoms with Gasteiger partial charge in [-0.3, -0.25) is 9.59 Å². The molecule has 2 heterocycles. The van der Waals surface area contributed by atoms with Crippen molar-refractivity contribution < 1.29 is 14.3 Å². The van der Waals surface area contributed by atoms with E-state index >= 15 is 0 Å². The van der Waals surface area contributed by atoms with Crippen LogP contribution in [0.25, 0.3) is 0 Å². The molecule has 4 heteroatoms. The Morgan fingerprint density at radius 3 is 2.67 bits per heavy atom. The SMILES string of the molecule is O=C1CCCC1C1CCCCN1C(=O)CC1CCCCO1. The lowest BCUT2D eigenvalue weighted by molar-refractivity contribution is -0.141. The van der Waals surface area contributed by atoms with E-state index in [0.717, 1.165) is 64.5 Å². The van der Waals surface area contributed by atoms with E-state index in [1.165, 1.54) is 6.42 Å². The Morgan fingerprint density at radius 1 is 1.10 bits per heavy atom. The van der Waals surface area contributed by atoms with Crippen LogP contribution in [0.3, 0.4) is 0 Å². The van der Waals surface area contributed by atoms with Crippen LogP contribution in [0.5, 0.6) is 0 Å². The molecule has 0 aromatic carbocycles. The van der Waals surface area contributed by atoms with Gasteiger partial charge < -0.3 is 9.64 Å². The molecule has 4 nitrogen and oxygen atoms in total. The van der Waals surface area contributed by atoms with Crippen LogP contribution in [0.1, 0.15) is 64.2 Å². The Morgan fingerprint density at radius 2 is 1.95 bits per heavy atom. The number of Topliss-reactive ketones (excluding diaryl/α,β-unsaturated/α-hetero) is 1. The molecule has 0 aromatic heterocycles. The van der Waals surface area contributed by atoms with E-state index in [9.17, 15) is 9.59 Å². The number of rotatable bonds is 3. The Labute approximate surface area is 127 Å². The molecule has 3 fully saturated rings. The van der Waals surface area contributed by atoms with Gasteiger partial charge in [0, 0.05) is 31.5 Å². The van der Waals surface area contributed by atoms with Gasteiger partial charge in [-0.05, 0) is 51.4 Å². The van der Waals surface area contributed by atoms with Gasteiger partial charge >= 0.3 is 0 Å². The van der Waals surface area contributed by atoms with Crippen LogP contribution in [0.4, 0.5) is 0 Å². The second-order valence-electron chi connectivity index (χ2n) is 6.81. The molecule has 0 spiro atoms. The smallest absolute Gasteiger partial charge is 0.225 e. The minimum absolute atomic E-state index is 0.105. The molecule has 2 aliphatic heterocycles. The number of carbonyl (C=O) groups is 2. The van der Waals surface area contributed by atoms with Crippen molar-refractivity contribution in [3.8, 4) is 0 Å². The van der Waals surface area contributed by atoms with Crippen molar-refractivity contribution in [2.75, 3.05) is 13.2 Å². The number of carbonyl (C=O) groups excluding carboxylic acids is 2. The fourth-order valence-corrected chi connectivity index (χ4v) is 4.22. The van der Waals surface area contributed by atoms with Gasteiger partial charge in [-0.25, -0.2) is 0 Å². The molecular formula is C17H27NO3. The maximum Gasteiger partial charge on any atom is 0.225 e. The van der Waals surface area contributed by atoms with Crippen LogP contribution >= 0.6 is 0 Å². The Kier molecular flexibility index (Phi) is 4.94. The molecule has 3 atom stereocenters. The maximum atomic E-state index is 12.7. The van der Waals surface area contributed by atoms with E-state index in [0.29, 0.717) is 12.2 Å². The van der Waals surface area contributed by atoms with Gasteiger partial charge in [-0.15, -0.1) is 0 Å². The van der Waals surface area contributed by atoms with E-state index in [4.69, 9.17) is 4.74 Å². The Bertz CT molecular complexity index is 389. The number of piperidine rings is 1. The highest BCUT2D eigenvalue weighted by Gasteiger charge is 2.39. The van der Waals surface area contributed by atoms with Crippen LogP contribution in [-0.2, 0) is 14.3 Å². The summed E-state index contributed by atoms with van der Waals surface area (Å²) in [7, 11) is 0. The second kappa shape index (κ2) is 6.91. The van der Waals surface area contributed by atoms with Crippen LogP contribution < -0.4 is 0 Å². The average Bonchev–Trinajstić information content (AvgIpc) is 2.94. The lowest BCUT2D eigenvalue weighted by atomic mass is 9.88. The van der Waals surface area contributed by atoms with Crippen molar-refractivity contribution in [2.24, 2.45) is 5.92 Å². The summed E-state index contributed by atoms with van der Waals surface area (Å²) in [6.45, 7) is 1.63. The van der Waals surface area contributed by atoms with Crippen LogP contribution in [-0.4, -0.2) is 41.9 Å². The van der Waals surface area contributed by atoms with Crippen molar-refractivity contribution in [2.45, 2.75) is 76.4 Å². The largest absolute Gasteiger partial charge is 0.378 e. The third-order valence-electron chi connectivity index (χ3n) is 5.36. The number of ketones is 1. The van der Waals surface area contributed by atoms with Gasteiger partial charge in [0.15, 0.2) is 0 Å². The number of hydrogen-bond acceptors (Lipinski definition) is 3. The van der Waals surface area contributed by atoms with E-state index in [-0.39, 0.29) is 24.0 Å². The monoisotopic (exact) mass is 293 g/mol. The Hall–Kier alpha value is -0.900. The molecule has 0 aromatic rings. The lowest BCUT2D eigenvalue weighted by Gasteiger charge is -2.39. The number of amides is 1. The number of nitrogens with zero attached hydrogens (tertiary/aromatic N) is 1. The summed E-state index contributed by atoms with van der Waals surface area (Å²) in [5.41, 5.74) is 0. The van der Waals surface area contributed by atoms with Crippen LogP contribution in [0, 0.1) is 5.92 Å². The van der Waals surface area contributed by atoms with E-state index in [2.05, 4.69) is 0 Å². The maximum absolute atomic E-state index is 12.7. The summed E-state index contributed by atoms with van der Waals surface area (Å²) in [5, 5.41) is 0. The van der Waals surface area contributed by atoms with Crippen molar-refractivity contribution in [3.05, 3.63) is 0 Å². The predicted octanol–water partition coefficient (Wildman–Crippen LogP) is 2.70. The summed E-state index contributed by atoms with van der Waals surface area (Å²) in [4.78, 5) is 26.8. The topological polar surface area (TPSA) is 46.6 Å². The number of likely N-dealkylation sites (tertiary alicyclic amines) is 1. The second-order valence-corrected chi connectivity index (χ2v) is 6.81. The first kappa shape index (κ1) is 15.0. The lowest BCUT2D eigenvalue weighted by Crippen LogP contribution is -2.49. The summed E-state index contributed by atoms with van der Waals surface area (Å²) in [6.07, 6.45) is 9.85. The number of hydrogen-bond donors (Lipinski definition) is 0. The third kappa shape index (κ3) is 3.47. The molecule has 1 aliphatic carbocycles. The normalized spacial score (nSPS) is 34.2. The van der Waals surface area contributed by atoms with Crippen molar-refractivity contribution in [3.63, 3.8) is 0 Å². The van der Waals surface area contributed by atoms with Gasteiger partial charge in [-0.2, -0.15) is 0 Å². The highest BCUT2D eigenvalue weighted by molar-refractivity contribution is 5.85. The van der Waals surface area contributed by atoms with Gasteiger partial charge in [0.1, 0.15) is 5.78 Å². The van der Waals surface area contributed by atoms with E-state index in [1.54, 1.807) is 0 Å². The molecule has 3 unspecified atom stereocenters. The van der Waals surface area contributed by atoms with Gasteiger partial charge in [0.2, 0.25) is 5.91 Å². The van der Waals surface area contributed by atoms with E-state index in [1.807, 2.05) is 4.90 Å².